The highest BCUT2D eigenvalue weighted by molar-refractivity contribution is 9.10. The minimum Gasteiger partial charge on any atom is -0.384 e. The highest BCUT2D eigenvalue weighted by Gasteiger charge is 1.97. The van der Waals surface area contributed by atoms with Crippen LogP contribution in [-0.4, -0.2) is 4.98 Å². The van der Waals surface area contributed by atoms with E-state index in [-0.39, 0.29) is 0 Å². The van der Waals surface area contributed by atoms with Gasteiger partial charge in [-0.3, -0.25) is 0 Å². The summed E-state index contributed by atoms with van der Waals surface area (Å²) in [6.45, 7) is 0. The van der Waals surface area contributed by atoms with E-state index in [4.69, 9.17) is 5.73 Å². The Kier molecular flexibility index (Phi) is 3.02. The Balaban J connectivity index is 2.18. The Bertz CT molecular complexity index is 451. The third-order valence-corrected chi connectivity index (χ3v) is 2.64. The van der Waals surface area contributed by atoms with Crippen LogP contribution in [0, 0.1) is 0 Å². The number of nitrogen functional groups attached to an aromatic ring is 1. The van der Waals surface area contributed by atoms with E-state index in [0.717, 1.165) is 10.9 Å². The summed E-state index contributed by atoms with van der Waals surface area (Å²) < 4.78 is 1.10. The first-order valence-electron chi connectivity index (χ1n) is 4.69. The molecule has 1 aromatic carbocycles. The van der Waals surface area contributed by atoms with Gasteiger partial charge in [0.25, 0.3) is 0 Å². The van der Waals surface area contributed by atoms with Crippen molar-refractivity contribution in [1.29, 1.82) is 0 Å². The third kappa shape index (κ3) is 2.80. The summed E-state index contributed by atoms with van der Waals surface area (Å²) in [7, 11) is 0. The average molecular weight is 263 g/mol. The van der Waals surface area contributed by atoms with E-state index in [1.54, 1.807) is 0 Å². The van der Waals surface area contributed by atoms with Crippen LogP contribution in [0.5, 0.6) is 0 Å². The molecule has 0 atom stereocenters. The second-order valence-electron chi connectivity index (χ2n) is 3.40. The maximum Gasteiger partial charge on any atom is 0.123 e. The van der Waals surface area contributed by atoms with Gasteiger partial charge in [0.1, 0.15) is 5.82 Å². The summed E-state index contributed by atoms with van der Waals surface area (Å²) in [5.74, 6) is 0.563. The lowest BCUT2D eigenvalue weighted by Gasteiger charge is -2.02. The normalized spacial score (nSPS) is 10.2. The molecule has 0 aliphatic heterocycles. The van der Waals surface area contributed by atoms with Crippen molar-refractivity contribution in [2.24, 2.45) is 0 Å². The fourth-order valence-corrected chi connectivity index (χ4v) is 1.87. The van der Waals surface area contributed by atoms with Crippen molar-refractivity contribution in [3.05, 3.63) is 58.2 Å². The van der Waals surface area contributed by atoms with E-state index in [1.165, 1.54) is 11.1 Å². The van der Waals surface area contributed by atoms with Crippen LogP contribution in [0.3, 0.4) is 0 Å². The zero-order valence-electron chi connectivity index (χ0n) is 8.15. The van der Waals surface area contributed by atoms with Gasteiger partial charge >= 0.3 is 0 Å². The van der Waals surface area contributed by atoms with Crippen LogP contribution in [0.4, 0.5) is 5.82 Å². The predicted molar refractivity (Wildman–Crippen MR) is 65.6 cm³/mol. The maximum absolute atomic E-state index is 5.53. The summed E-state index contributed by atoms with van der Waals surface area (Å²) in [5, 5.41) is 0. The van der Waals surface area contributed by atoms with Gasteiger partial charge in [-0.25, -0.2) is 4.98 Å². The monoisotopic (exact) mass is 262 g/mol. The lowest BCUT2D eigenvalue weighted by atomic mass is 10.1. The fourth-order valence-electron chi connectivity index (χ4n) is 1.42. The van der Waals surface area contributed by atoms with Gasteiger partial charge in [-0.15, -0.1) is 0 Å². The standard InChI is InChI=1S/C12H11BrN2/c13-11-3-1-2-9(7-11)6-10-4-5-12(14)15-8-10/h1-5,7-8H,6H2,(H2,14,15). The summed E-state index contributed by atoms with van der Waals surface area (Å²) in [4.78, 5) is 4.06. The molecule has 0 aliphatic carbocycles. The zero-order chi connectivity index (χ0) is 10.7. The molecule has 0 bridgehead atoms. The fraction of sp³-hybridized carbons (Fsp3) is 0.0833. The van der Waals surface area contributed by atoms with Crippen LogP contribution in [-0.2, 0) is 6.42 Å². The van der Waals surface area contributed by atoms with E-state index in [9.17, 15) is 0 Å². The van der Waals surface area contributed by atoms with E-state index < -0.39 is 0 Å². The Morgan fingerprint density at radius 3 is 2.67 bits per heavy atom. The molecule has 1 aromatic heterocycles. The van der Waals surface area contributed by atoms with Crippen molar-refractivity contribution >= 4 is 21.7 Å². The van der Waals surface area contributed by atoms with Gasteiger partial charge < -0.3 is 5.73 Å². The summed E-state index contributed by atoms with van der Waals surface area (Å²) in [6.07, 6.45) is 2.70. The smallest absolute Gasteiger partial charge is 0.123 e. The molecule has 15 heavy (non-hydrogen) atoms. The van der Waals surface area contributed by atoms with Gasteiger partial charge in [-0.2, -0.15) is 0 Å². The third-order valence-electron chi connectivity index (χ3n) is 2.14. The molecular weight excluding hydrogens is 252 g/mol. The molecule has 0 spiro atoms. The zero-order valence-corrected chi connectivity index (χ0v) is 9.74. The number of benzene rings is 1. The molecule has 3 heteroatoms. The molecule has 0 saturated heterocycles. The number of halogens is 1. The molecular formula is C12H11BrN2. The Labute approximate surface area is 97.3 Å². The molecule has 0 radical (unpaired) electrons. The summed E-state index contributed by atoms with van der Waals surface area (Å²) in [5.41, 5.74) is 7.95. The first-order chi connectivity index (χ1) is 7.24. The van der Waals surface area contributed by atoms with Crippen molar-refractivity contribution in [3.63, 3.8) is 0 Å². The topological polar surface area (TPSA) is 38.9 Å². The van der Waals surface area contributed by atoms with E-state index >= 15 is 0 Å². The van der Waals surface area contributed by atoms with Gasteiger partial charge in [0.2, 0.25) is 0 Å². The van der Waals surface area contributed by atoms with Gasteiger partial charge in [0.15, 0.2) is 0 Å². The first-order valence-corrected chi connectivity index (χ1v) is 5.48. The number of nitrogens with two attached hydrogens (primary N) is 1. The molecule has 0 fully saturated rings. The van der Waals surface area contributed by atoms with Crippen molar-refractivity contribution in [2.75, 3.05) is 5.73 Å². The van der Waals surface area contributed by atoms with Crippen molar-refractivity contribution in [2.45, 2.75) is 6.42 Å². The lowest BCUT2D eigenvalue weighted by molar-refractivity contribution is 1.15. The molecule has 76 valence electrons. The molecule has 2 rings (SSSR count). The highest BCUT2D eigenvalue weighted by Crippen LogP contribution is 2.15. The summed E-state index contributed by atoms with van der Waals surface area (Å²) in [6, 6.07) is 12.1. The predicted octanol–water partition coefficient (Wildman–Crippen LogP) is 3.02. The molecule has 0 saturated carbocycles. The van der Waals surface area contributed by atoms with Gasteiger partial charge in [0.05, 0.1) is 0 Å². The molecule has 2 N–H and O–H groups in total. The number of anilines is 1. The minimum absolute atomic E-state index is 0.563. The second kappa shape index (κ2) is 4.45. The molecule has 2 nitrogen and oxygen atoms in total. The first kappa shape index (κ1) is 10.2. The van der Waals surface area contributed by atoms with Gasteiger partial charge in [0, 0.05) is 10.7 Å². The van der Waals surface area contributed by atoms with Crippen molar-refractivity contribution < 1.29 is 0 Å². The van der Waals surface area contributed by atoms with Gasteiger partial charge in [-0.1, -0.05) is 34.1 Å². The number of pyridine rings is 1. The van der Waals surface area contributed by atoms with Crippen LogP contribution in [0.15, 0.2) is 47.1 Å². The number of hydrogen-bond donors (Lipinski definition) is 1. The van der Waals surface area contributed by atoms with Gasteiger partial charge in [-0.05, 0) is 35.7 Å². The lowest BCUT2D eigenvalue weighted by Crippen LogP contribution is -1.92. The number of nitrogens with zero attached hydrogens (tertiary/aromatic N) is 1. The average Bonchev–Trinajstić information content (AvgIpc) is 2.22. The molecule has 1 heterocycles. The van der Waals surface area contributed by atoms with Crippen LogP contribution in [0.2, 0.25) is 0 Å². The van der Waals surface area contributed by atoms with E-state index in [1.807, 2.05) is 30.5 Å². The highest BCUT2D eigenvalue weighted by atomic mass is 79.9. The van der Waals surface area contributed by atoms with Crippen LogP contribution < -0.4 is 5.73 Å². The number of rotatable bonds is 2. The number of hydrogen-bond acceptors (Lipinski definition) is 2. The SMILES string of the molecule is Nc1ccc(Cc2cccc(Br)c2)cn1. The quantitative estimate of drug-likeness (QED) is 0.904. The second-order valence-corrected chi connectivity index (χ2v) is 4.31. The van der Waals surface area contributed by atoms with E-state index in [0.29, 0.717) is 5.82 Å². The largest absolute Gasteiger partial charge is 0.384 e. The Hall–Kier alpha value is -1.35. The van der Waals surface area contributed by atoms with E-state index in [2.05, 4.69) is 33.0 Å². The van der Waals surface area contributed by atoms with Crippen LogP contribution >= 0.6 is 15.9 Å². The molecule has 2 aromatic rings. The van der Waals surface area contributed by atoms with Crippen molar-refractivity contribution in [3.8, 4) is 0 Å². The molecule has 0 unspecified atom stereocenters. The van der Waals surface area contributed by atoms with Crippen molar-refractivity contribution in [1.82, 2.24) is 4.98 Å². The van der Waals surface area contributed by atoms with Crippen LogP contribution in [0.1, 0.15) is 11.1 Å². The maximum atomic E-state index is 5.53. The van der Waals surface area contributed by atoms with Crippen LogP contribution in [0.25, 0.3) is 0 Å². The number of aromatic nitrogens is 1. The minimum atomic E-state index is 0.563. The molecule has 0 amide bonds. The summed E-state index contributed by atoms with van der Waals surface area (Å²) >= 11 is 3.45. The Morgan fingerprint density at radius 2 is 2.00 bits per heavy atom. The molecule has 0 aliphatic rings. The Morgan fingerprint density at radius 1 is 1.13 bits per heavy atom.